The molecule has 35 heavy (non-hydrogen) atoms. The lowest BCUT2D eigenvalue weighted by atomic mass is 10.00. The van der Waals surface area contributed by atoms with Crippen molar-refractivity contribution >= 4 is 6.08 Å². The largest absolute Gasteiger partial charge is 0.429 e. The summed E-state index contributed by atoms with van der Waals surface area (Å²) in [4.78, 5) is 0. The molecule has 0 fully saturated rings. The first-order valence-electron chi connectivity index (χ1n) is 10.2. The van der Waals surface area contributed by atoms with E-state index in [2.05, 4.69) is 4.74 Å². The van der Waals surface area contributed by atoms with Crippen LogP contribution in [0.3, 0.4) is 0 Å². The Morgan fingerprint density at radius 1 is 0.800 bits per heavy atom. The average molecular weight is 504 g/mol. The summed E-state index contributed by atoms with van der Waals surface area (Å²) in [6.07, 6.45) is -8.17. The number of aryl methyl sites for hydroxylation is 1. The molecule has 0 bridgehead atoms. The number of ether oxygens (including phenoxy) is 1. The molecule has 0 N–H and O–H groups in total. The number of alkyl halides is 5. The van der Waals surface area contributed by atoms with Crippen molar-refractivity contribution in [3.63, 3.8) is 0 Å². The van der Waals surface area contributed by atoms with Gasteiger partial charge in [-0.25, -0.2) is 17.6 Å². The highest BCUT2D eigenvalue weighted by molar-refractivity contribution is 5.65. The van der Waals surface area contributed by atoms with Crippen LogP contribution in [0, 0.1) is 23.3 Å². The Labute approximate surface area is 194 Å². The molecule has 0 aliphatic rings. The van der Waals surface area contributed by atoms with Crippen molar-refractivity contribution < 1.29 is 44.3 Å². The van der Waals surface area contributed by atoms with Gasteiger partial charge in [0.05, 0.1) is 0 Å². The molecule has 0 atom stereocenters. The molecule has 0 spiro atoms. The van der Waals surface area contributed by atoms with Crippen molar-refractivity contribution in [2.24, 2.45) is 0 Å². The van der Waals surface area contributed by atoms with E-state index < -0.39 is 58.5 Å². The summed E-state index contributed by atoms with van der Waals surface area (Å²) in [5.74, 6) is -7.94. The van der Waals surface area contributed by atoms with E-state index in [-0.39, 0.29) is 29.3 Å². The number of hydrogen-bond acceptors (Lipinski definition) is 1. The first kappa shape index (κ1) is 26.2. The maximum absolute atomic E-state index is 14.6. The van der Waals surface area contributed by atoms with Crippen LogP contribution in [0.4, 0.5) is 39.5 Å². The molecule has 3 aromatic rings. The predicted molar refractivity (Wildman–Crippen MR) is 112 cm³/mol. The first-order chi connectivity index (χ1) is 16.3. The van der Waals surface area contributed by atoms with Crippen molar-refractivity contribution in [1.82, 2.24) is 0 Å². The molecule has 186 valence electrons. The van der Waals surface area contributed by atoms with E-state index in [0.717, 1.165) is 24.5 Å². The second-order valence-corrected chi connectivity index (χ2v) is 7.53. The third kappa shape index (κ3) is 6.17. The smallest absolute Gasteiger partial charge is 0.429 e. The quantitative estimate of drug-likeness (QED) is 0.293. The summed E-state index contributed by atoms with van der Waals surface area (Å²) >= 11 is 0. The molecular formula is C25H17F9O. The molecule has 3 aromatic carbocycles. The highest BCUT2D eigenvalue weighted by atomic mass is 19.4. The minimum absolute atomic E-state index is 0.0785. The van der Waals surface area contributed by atoms with Gasteiger partial charge in [0.1, 0.15) is 22.9 Å². The molecule has 1 nitrogen and oxygen atoms in total. The Bertz CT molecular complexity index is 1210. The number of halogens is 9. The van der Waals surface area contributed by atoms with Crippen LogP contribution in [0.25, 0.3) is 17.2 Å². The molecule has 10 heteroatoms. The van der Waals surface area contributed by atoms with E-state index in [9.17, 15) is 39.5 Å². The van der Waals surface area contributed by atoms with E-state index in [4.69, 9.17) is 0 Å². The summed E-state index contributed by atoms with van der Waals surface area (Å²) in [5, 5.41) is 0. The highest BCUT2D eigenvalue weighted by Gasteiger charge is 2.40. The second-order valence-electron chi connectivity index (χ2n) is 7.53. The fourth-order valence-electron chi connectivity index (χ4n) is 3.30. The SMILES string of the molecule is CCCc1ccc(-c2ccc(C(F)(F)Oc3cc(F)c(/C=C/C(F)(F)F)c(F)c3)c(F)c2F)cc1. The lowest BCUT2D eigenvalue weighted by molar-refractivity contribution is -0.187. The van der Waals surface area contributed by atoms with Crippen LogP contribution in [-0.4, -0.2) is 6.18 Å². The van der Waals surface area contributed by atoms with E-state index >= 15 is 0 Å². The summed E-state index contributed by atoms with van der Waals surface area (Å²) < 4.78 is 127. The van der Waals surface area contributed by atoms with Crippen molar-refractivity contribution in [2.75, 3.05) is 0 Å². The summed E-state index contributed by atoms with van der Waals surface area (Å²) in [6.45, 7) is 1.96. The zero-order chi connectivity index (χ0) is 26.0. The van der Waals surface area contributed by atoms with E-state index in [1.807, 2.05) is 6.92 Å². The van der Waals surface area contributed by atoms with Gasteiger partial charge in [-0.15, -0.1) is 0 Å². The molecule has 0 aliphatic carbocycles. The Morgan fingerprint density at radius 3 is 1.94 bits per heavy atom. The Kier molecular flexibility index (Phi) is 7.52. The molecule has 3 rings (SSSR count). The molecule has 0 amide bonds. The van der Waals surface area contributed by atoms with Crippen LogP contribution in [-0.2, 0) is 12.5 Å². The summed E-state index contributed by atoms with van der Waals surface area (Å²) in [5.41, 5.74) is -1.78. The number of rotatable bonds is 7. The Balaban J connectivity index is 1.90. The van der Waals surface area contributed by atoms with Gasteiger partial charge in [-0.3, -0.25) is 0 Å². The van der Waals surface area contributed by atoms with Gasteiger partial charge in [0.2, 0.25) is 0 Å². The van der Waals surface area contributed by atoms with E-state index in [1.54, 1.807) is 12.1 Å². The van der Waals surface area contributed by atoms with E-state index in [1.165, 1.54) is 12.1 Å². The van der Waals surface area contributed by atoms with Crippen LogP contribution in [0.5, 0.6) is 5.75 Å². The molecule has 0 aliphatic heterocycles. The fraction of sp³-hybridized carbons (Fsp3) is 0.200. The Morgan fingerprint density at radius 2 is 1.40 bits per heavy atom. The molecular weight excluding hydrogens is 487 g/mol. The van der Waals surface area contributed by atoms with Crippen molar-refractivity contribution in [2.45, 2.75) is 32.1 Å². The van der Waals surface area contributed by atoms with Gasteiger partial charge >= 0.3 is 12.3 Å². The Hall–Kier alpha value is -3.43. The minimum Gasteiger partial charge on any atom is -0.429 e. The molecule has 0 saturated carbocycles. The third-order valence-corrected chi connectivity index (χ3v) is 4.94. The molecule has 0 aromatic heterocycles. The van der Waals surface area contributed by atoms with Crippen molar-refractivity contribution in [3.8, 4) is 16.9 Å². The van der Waals surface area contributed by atoms with Gasteiger partial charge in [0.25, 0.3) is 0 Å². The van der Waals surface area contributed by atoms with Crippen LogP contribution in [0.15, 0.2) is 54.6 Å². The number of benzene rings is 3. The maximum atomic E-state index is 14.6. The van der Waals surface area contributed by atoms with Gasteiger partial charge in [-0.05, 0) is 29.7 Å². The van der Waals surface area contributed by atoms with Crippen LogP contribution in [0.1, 0.15) is 30.0 Å². The van der Waals surface area contributed by atoms with Crippen LogP contribution < -0.4 is 4.74 Å². The molecule has 0 saturated heterocycles. The number of hydrogen-bond donors (Lipinski definition) is 0. The standard InChI is InChI=1S/C25H17F9O/c1-2-3-14-4-6-15(7-5-14)17-8-9-19(23(29)22(17)28)25(33,34)35-16-12-20(26)18(21(27)13-16)10-11-24(30,31)32/h4-13H,2-3H2,1H3/b11-10+. The lowest BCUT2D eigenvalue weighted by Crippen LogP contribution is -2.24. The monoisotopic (exact) mass is 504 g/mol. The van der Waals surface area contributed by atoms with Gasteiger partial charge < -0.3 is 4.74 Å². The van der Waals surface area contributed by atoms with Crippen LogP contribution in [0.2, 0.25) is 0 Å². The second kappa shape index (κ2) is 10.1. The third-order valence-electron chi connectivity index (χ3n) is 4.94. The predicted octanol–water partition coefficient (Wildman–Crippen LogP) is 8.57. The fourth-order valence-corrected chi connectivity index (χ4v) is 3.30. The average Bonchev–Trinajstić information content (AvgIpc) is 2.74. The van der Waals surface area contributed by atoms with Crippen LogP contribution >= 0.6 is 0 Å². The number of allylic oxidation sites excluding steroid dienone is 1. The van der Waals surface area contributed by atoms with Gasteiger partial charge in [-0.2, -0.15) is 22.0 Å². The van der Waals surface area contributed by atoms with Gasteiger partial charge in [0, 0.05) is 29.3 Å². The highest BCUT2D eigenvalue weighted by Crippen LogP contribution is 2.37. The minimum atomic E-state index is -4.87. The van der Waals surface area contributed by atoms with Gasteiger partial charge in [-0.1, -0.05) is 43.7 Å². The molecule has 0 heterocycles. The maximum Gasteiger partial charge on any atom is 0.429 e. The summed E-state index contributed by atoms with van der Waals surface area (Å²) in [7, 11) is 0. The summed E-state index contributed by atoms with van der Waals surface area (Å²) in [6, 6.07) is 8.29. The molecule has 0 unspecified atom stereocenters. The van der Waals surface area contributed by atoms with Crippen molar-refractivity contribution in [3.05, 3.63) is 94.6 Å². The van der Waals surface area contributed by atoms with Gasteiger partial charge in [0.15, 0.2) is 11.6 Å². The topological polar surface area (TPSA) is 9.23 Å². The normalized spacial score (nSPS) is 12.4. The zero-order valence-corrected chi connectivity index (χ0v) is 18.0. The molecule has 0 radical (unpaired) electrons. The lowest BCUT2D eigenvalue weighted by Gasteiger charge is -2.20. The zero-order valence-electron chi connectivity index (χ0n) is 18.0. The first-order valence-corrected chi connectivity index (χ1v) is 10.2. The van der Waals surface area contributed by atoms with E-state index in [0.29, 0.717) is 6.07 Å². The van der Waals surface area contributed by atoms with Crippen molar-refractivity contribution in [1.29, 1.82) is 0 Å².